The van der Waals surface area contributed by atoms with Crippen LogP contribution in [-0.4, -0.2) is 36.3 Å². The molecule has 1 fully saturated rings. The number of halogens is 1. The summed E-state index contributed by atoms with van der Waals surface area (Å²) in [4.78, 5) is 24.5. The highest BCUT2D eigenvalue weighted by atomic mass is 79.9. The fraction of sp³-hybridized carbons (Fsp3) is 0.400. The molecule has 0 aliphatic carbocycles. The first kappa shape index (κ1) is 21.7. The van der Waals surface area contributed by atoms with E-state index in [4.69, 9.17) is 0 Å². The van der Waals surface area contributed by atoms with Crippen molar-refractivity contribution in [3.05, 3.63) is 56.9 Å². The summed E-state index contributed by atoms with van der Waals surface area (Å²) in [6.07, 6.45) is 5.32. The number of sulfonamides is 1. The van der Waals surface area contributed by atoms with Crippen molar-refractivity contribution in [2.75, 3.05) is 18.4 Å². The van der Waals surface area contributed by atoms with E-state index < -0.39 is 15.9 Å². The molecule has 3 rings (SSSR count). The minimum absolute atomic E-state index is 0.166. The van der Waals surface area contributed by atoms with Gasteiger partial charge in [-0.3, -0.25) is 9.59 Å². The molecule has 1 aliphatic rings. The number of nitrogens with zero attached hydrogens (tertiary/aromatic N) is 2. The SMILES string of the molecule is Cc1ccc(NC(=O)Cn2cc(Br)ccc2=O)cc1S(=O)(=O)N1CCCCCC1. The number of amides is 1. The van der Waals surface area contributed by atoms with Crippen LogP contribution in [0.2, 0.25) is 0 Å². The number of carbonyl (C=O) groups is 1. The average molecular weight is 482 g/mol. The molecule has 2 heterocycles. The van der Waals surface area contributed by atoms with Crippen LogP contribution in [0.25, 0.3) is 0 Å². The normalized spacial score (nSPS) is 15.7. The van der Waals surface area contributed by atoms with Crippen molar-refractivity contribution in [3.8, 4) is 0 Å². The Labute approximate surface area is 178 Å². The maximum atomic E-state index is 13.1. The molecule has 1 aromatic carbocycles. The predicted molar refractivity (Wildman–Crippen MR) is 115 cm³/mol. The van der Waals surface area contributed by atoms with E-state index in [1.165, 1.54) is 27.2 Å². The van der Waals surface area contributed by atoms with Gasteiger partial charge in [0.1, 0.15) is 6.54 Å². The summed E-state index contributed by atoms with van der Waals surface area (Å²) in [5.41, 5.74) is 0.726. The quantitative estimate of drug-likeness (QED) is 0.710. The number of hydrogen-bond donors (Lipinski definition) is 1. The van der Waals surface area contributed by atoms with E-state index in [-0.39, 0.29) is 17.0 Å². The van der Waals surface area contributed by atoms with Crippen molar-refractivity contribution in [1.29, 1.82) is 0 Å². The third-order valence-corrected chi connectivity index (χ3v) is 7.43. The second-order valence-electron chi connectivity index (χ2n) is 7.16. The van der Waals surface area contributed by atoms with Crippen molar-refractivity contribution in [1.82, 2.24) is 8.87 Å². The molecular weight excluding hydrogens is 458 g/mol. The molecule has 156 valence electrons. The molecule has 0 radical (unpaired) electrons. The van der Waals surface area contributed by atoms with Crippen LogP contribution in [-0.2, 0) is 21.4 Å². The van der Waals surface area contributed by atoms with Gasteiger partial charge >= 0.3 is 0 Å². The largest absolute Gasteiger partial charge is 0.324 e. The van der Waals surface area contributed by atoms with Crippen LogP contribution in [0.3, 0.4) is 0 Å². The van der Waals surface area contributed by atoms with Gasteiger partial charge in [-0.05, 0) is 59.5 Å². The Morgan fingerprint density at radius 1 is 1.10 bits per heavy atom. The number of pyridine rings is 1. The minimum atomic E-state index is -3.62. The van der Waals surface area contributed by atoms with Crippen molar-refractivity contribution >= 4 is 37.5 Å². The van der Waals surface area contributed by atoms with Gasteiger partial charge in [0, 0.05) is 35.5 Å². The van der Waals surface area contributed by atoms with Crippen LogP contribution in [0.4, 0.5) is 5.69 Å². The molecule has 0 atom stereocenters. The van der Waals surface area contributed by atoms with Gasteiger partial charge in [0.15, 0.2) is 0 Å². The number of rotatable bonds is 5. The summed E-state index contributed by atoms with van der Waals surface area (Å²) in [7, 11) is -3.62. The Kier molecular flexibility index (Phi) is 6.92. The topological polar surface area (TPSA) is 88.5 Å². The molecule has 1 N–H and O–H groups in total. The molecule has 0 spiro atoms. The molecule has 1 saturated heterocycles. The number of carbonyl (C=O) groups excluding carboxylic acids is 1. The van der Waals surface area contributed by atoms with Gasteiger partial charge in [-0.1, -0.05) is 18.9 Å². The van der Waals surface area contributed by atoms with E-state index in [9.17, 15) is 18.0 Å². The molecule has 29 heavy (non-hydrogen) atoms. The highest BCUT2D eigenvalue weighted by Crippen LogP contribution is 2.25. The van der Waals surface area contributed by atoms with E-state index in [1.807, 2.05) is 0 Å². The summed E-state index contributed by atoms with van der Waals surface area (Å²) in [6.45, 7) is 2.62. The van der Waals surface area contributed by atoms with E-state index in [2.05, 4.69) is 21.2 Å². The standard InChI is InChI=1S/C20H24BrN3O4S/c1-15-6-8-17(22-19(25)14-23-13-16(21)7-9-20(23)26)12-18(15)29(27,28)24-10-4-2-3-5-11-24/h6-9,12-13H,2-5,10-11,14H2,1H3,(H,22,25). The van der Waals surface area contributed by atoms with Crippen LogP contribution in [0.5, 0.6) is 0 Å². The second-order valence-corrected chi connectivity index (χ2v) is 9.98. The molecule has 2 aromatic rings. The third-order valence-electron chi connectivity index (χ3n) is 4.92. The van der Waals surface area contributed by atoms with E-state index in [0.717, 1.165) is 25.7 Å². The van der Waals surface area contributed by atoms with Gasteiger partial charge in [-0.15, -0.1) is 0 Å². The van der Waals surface area contributed by atoms with Crippen LogP contribution in [0.15, 0.2) is 50.7 Å². The van der Waals surface area contributed by atoms with Gasteiger partial charge in [0.05, 0.1) is 4.90 Å². The number of anilines is 1. The first-order valence-electron chi connectivity index (χ1n) is 9.54. The Balaban J connectivity index is 1.80. The first-order valence-corrected chi connectivity index (χ1v) is 11.8. The maximum absolute atomic E-state index is 13.1. The summed E-state index contributed by atoms with van der Waals surface area (Å²) in [5.74, 6) is -0.410. The van der Waals surface area contributed by atoms with Crippen molar-refractivity contribution in [2.24, 2.45) is 0 Å². The lowest BCUT2D eigenvalue weighted by Crippen LogP contribution is -2.32. The number of aryl methyl sites for hydroxylation is 1. The Hall–Kier alpha value is -1.97. The third kappa shape index (κ3) is 5.34. The number of benzene rings is 1. The average Bonchev–Trinajstić information content (AvgIpc) is 2.96. The lowest BCUT2D eigenvalue weighted by atomic mass is 10.2. The highest BCUT2D eigenvalue weighted by molar-refractivity contribution is 9.10. The van der Waals surface area contributed by atoms with Gasteiger partial charge in [-0.25, -0.2) is 8.42 Å². The lowest BCUT2D eigenvalue weighted by Gasteiger charge is -2.21. The Morgan fingerprint density at radius 2 is 1.79 bits per heavy atom. The van der Waals surface area contributed by atoms with Gasteiger partial charge < -0.3 is 9.88 Å². The fourth-order valence-corrected chi connectivity index (χ4v) is 5.51. The molecule has 7 nitrogen and oxygen atoms in total. The van der Waals surface area contributed by atoms with Crippen LogP contribution < -0.4 is 10.9 Å². The molecule has 0 unspecified atom stereocenters. The number of hydrogen-bond acceptors (Lipinski definition) is 4. The zero-order valence-electron chi connectivity index (χ0n) is 16.2. The van der Waals surface area contributed by atoms with Crippen molar-refractivity contribution in [3.63, 3.8) is 0 Å². The minimum Gasteiger partial charge on any atom is -0.324 e. The summed E-state index contributed by atoms with van der Waals surface area (Å²) in [6, 6.07) is 7.83. The van der Waals surface area contributed by atoms with Gasteiger partial charge in [0.25, 0.3) is 5.56 Å². The molecule has 1 aliphatic heterocycles. The van der Waals surface area contributed by atoms with E-state index in [0.29, 0.717) is 28.8 Å². The van der Waals surface area contributed by atoms with Crippen molar-refractivity contribution < 1.29 is 13.2 Å². The van der Waals surface area contributed by atoms with E-state index in [1.54, 1.807) is 25.1 Å². The zero-order chi connectivity index (χ0) is 21.0. The zero-order valence-corrected chi connectivity index (χ0v) is 18.6. The maximum Gasteiger partial charge on any atom is 0.251 e. The Morgan fingerprint density at radius 3 is 2.48 bits per heavy atom. The smallest absolute Gasteiger partial charge is 0.251 e. The second kappa shape index (κ2) is 9.23. The monoisotopic (exact) mass is 481 g/mol. The van der Waals surface area contributed by atoms with Crippen LogP contribution in [0.1, 0.15) is 31.2 Å². The van der Waals surface area contributed by atoms with Crippen molar-refractivity contribution in [2.45, 2.75) is 44.0 Å². The molecule has 1 amide bonds. The predicted octanol–water partition coefficient (Wildman–Crippen LogP) is 3.12. The van der Waals surface area contributed by atoms with Gasteiger partial charge in [0.2, 0.25) is 15.9 Å². The highest BCUT2D eigenvalue weighted by Gasteiger charge is 2.27. The molecule has 0 saturated carbocycles. The Bertz CT molecular complexity index is 1060. The van der Waals surface area contributed by atoms with Crippen LogP contribution >= 0.6 is 15.9 Å². The van der Waals surface area contributed by atoms with Gasteiger partial charge in [-0.2, -0.15) is 4.31 Å². The number of nitrogens with one attached hydrogen (secondary N) is 1. The lowest BCUT2D eigenvalue weighted by molar-refractivity contribution is -0.116. The molecule has 0 bridgehead atoms. The molecular formula is C20H24BrN3O4S. The first-order chi connectivity index (χ1) is 13.8. The molecule has 9 heteroatoms. The molecule has 1 aromatic heterocycles. The fourth-order valence-electron chi connectivity index (χ4n) is 3.36. The summed E-state index contributed by atoms with van der Waals surface area (Å²) < 4.78 is 29.8. The van der Waals surface area contributed by atoms with E-state index >= 15 is 0 Å². The number of aromatic nitrogens is 1. The summed E-state index contributed by atoms with van der Waals surface area (Å²) >= 11 is 3.27. The summed E-state index contributed by atoms with van der Waals surface area (Å²) in [5, 5.41) is 2.70. The van der Waals surface area contributed by atoms with Crippen LogP contribution in [0, 0.1) is 6.92 Å².